The molecule has 0 radical (unpaired) electrons. The molecular weight excluding hydrogens is 261 g/mol. The van der Waals surface area contributed by atoms with Crippen molar-refractivity contribution in [3.63, 3.8) is 0 Å². The van der Waals surface area contributed by atoms with Gasteiger partial charge in [0.05, 0.1) is 11.7 Å². The number of amides is 1. The van der Waals surface area contributed by atoms with Crippen molar-refractivity contribution in [1.82, 2.24) is 10.3 Å². The van der Waals surface area contributed by atoms with E-state index in [1.54, 1.807) is 0 Å². The fraction of sp³-hybridized carbons (Fsp3) is 0.500. The zero-order chi connectivity index (χ0) is 14.7. The summed E-state index contributed by atoms with van der Waals surface area (Å²) in [6.45, 7) is 0. The van der Waals surface area contributed by atoms with Gasteiger partial charge in [-0.25, -0.2) is 4.98 Å². The van der Waals surface area contributed by atoms with Crippen LogP contribution in [0, 0.1) is 0 Å². The molecule has 8 heteroatoms. The first kappa shape index (κ1) is 14.8. The smallest absolute Gasteiger partial charge is 0.423 e. The Balaban J connectivity index is 2.07. The van der Waals surface area contributed by atoms with Gasteiger partial charge in [0.2, 0.25) is 0 Å². The minimum atomic E-state index is -1.69. The fourth-order valence-corrected chi connectivity index (χ4v) is 2.30. The van der Waals surface area contributed by atoms with E-state index in [2.05, 4.69) is 10.3 Å². The van der Waals surface area contributed by atoms with Crippen LogP contribution >= 0.6 is 0 Å². The standard InChI is InChI=1S/C12H18BN3O4/c14-11-10(5-7(6-15-11)13(19)20)12(18)16-8-1-3-9(17)4-2-8/h5-6,8-9,17,19-20H,1-4H2,(H2,14,15)(H,16,18)/t8-,9-. The summed E-state index contributed by atoms with van der Waals surface area (Å²) in [5.41, 5.74) is 5.88. The van der Waals surface area contributed by atoms with Crippen molar-refractivity contribution in [3.05, 3.63) is 17.8 Å². The molecule has 1 aromatic rings. The summed E-state index contributed by atoms with van der Waals surface area (Å²) in [6, 6.07) is 1.31. The van der Waals surface area contributed by atoms with Gasteiger partial charge in [-0.1, -0.05) is 0 Å². The van der Waals surface area contributed by atoms with Gasteiger partial charge in [-0.3, -0.25) is 4.79 Å². The van der Waals surface area contributed by atoms with Crippen LogP contribution in [0.2, 0.25) is 0 Å². The summed E-state index contributed by atoms with van der Waals surface area (Å²) in [7, 11) is -1.69. The zero-order valence-corrected chi connectivity index (χ0v) is 11.0. The topological polar surface area (TPSA) is 129 Å². The molecule has 7 nitrogen and oxygen atoms in total. The quantitative estimate of drug-likeness (QED) is 0.423. The number of hydrogen-bond acceptors (Lipinski definition) is 6. The number of aromatic nitrogens is 1. The van der Waals surface area contributed by atoms with E-state index in [1.165, 1.54) is 12.3 Å². The van der Waals surface area contributed by atoms with Crippen LogP contribution in [0.3, 0.4) is 0 Å². The number of nitrogens with one attached hydrogen (secondary N) is 1. The number of hydrogen-bond donors (Lipinski definition) is 5. The lowest BCUT2D eigenvalue weighted by Gasteiger charge is -2.26. The van der Waals surface area contributed by atoms with Gasteiger partial charge >= 0.3 is 7.12 Å². The van der Waals surface area contributed by atoms with E-state index >= 15 is 0 Å². The van der Waals surface area contributed by atoms with Gasteiger partial charge in [-0.2, -0.15) is 0 Å². The van der Waals surface area contributed by atoms with E-state index in [0.29, 0.717) is 25.7 Å². The third-order valence-corrected chi connectivity index (χ3v) is 3.51. The summed E-state index contributed by atoms with van der Waals surface area (Å²) < 4.78 is 0. The monoisotopic (exact) mass is 279 g/mol. The highest BCUT2D eigenvalue weighted by molar-refractivity contribution is 6.58. The van der Waals surface area contributed by atoms with Gasteiger partial charge in [0.1, 0.15) is 5.82 Å². The number of aliphatic hydroxyl groups excluding tert-OH is 1. The largest absolute Gasteiger partial charge is 0.490 e. The minimum absolute atomic E-state index is 0.00648. The zero-order valence-electron chi connectivity index (χ0n) is 11.0. The number of rotatable bonds is 3. The van der Waals surface area contributed by atoms with Crippen LogP contribution in [0.1, 0.15) is 36.0 Å². The van der Waals surface area contributed by atoms with E-state index in [9.17, 15) is 9.90 Å². The third kappa shape index (κ3) is 3.47. The Hall–Kier alpha value is -1.64. The van der Waals surface area contributed by atoms with Crippen LogP contribution in [-0.4, -0.2) is 45.3 Å². The molecule has 6 N–H and O–H groups in total. The average molecular weight is 279 g/mol. The Morgan fingerprint density at radius 3 is 2.60 bits per heavy atom. The minimum Gasteiger partial charge on any atom is -0.423 e. The molecule has 0 bridgehead atoms. The molecule has 1 aliphatic rings. The molecule has 1 saturated carbocycles. The van der Waals surface area contributed by atoms with Crippen molar-refractivity contribution in [2.45, 2.75) is 37.8 Å². The summed E-state index contributed by atoms with van der Waals surface area (Å²) in [4.78, 5) is 15.9. The van der Waals surface area contributed by atoms with Crippen LogP contribution in [0.25, 0.3) is 0 Å². The molecular formula is C12H18BN3O4. The van der Waals surface area contributed by atoms with Gasteiger partial charge in [-0.15, -0.1) is 0 Å². The molecule has 2 rings (SSSR count). The number of carbonyl (C=O) groups excluding carboxylic acids is 1. The van der Waals surface area contributed by atoms with E-state index in [-0.39, 0.29) is 34.9 Å². The Morgan fingerprint density at radius 2 is 2.00 bits per heavy atom. The van der Waals surface area contributed by atoms with E-state index in [1.807, 2.05) is 0 Å². The molecule has 0 aliphatic heterocycles. The Labute approximate surface area is 117 Å². The molecule has 1 amide bonds. The normalized spacial score (nSPS) is 22.4. The fourth-order valence-electron chi connectivity index (χ4n) is 2.30. The highest BCUT2D eigenvalue weighted by Gasteiger charge is 2.23. The number of nitrogens with zero attached hydrogens (tertiary/aromatic N) is 1. The van der Waals surface area contributed by atoms with Crippen molar-refractivity contribution >= 4 is 24.3 Å². The van der Waals surface area contributed by atoms with Crippen molar-refractivity contribution in [2.75, 3.05) is 5.73 Å². The average Bonchev–Trinajstić information content (AvgIpc) is 2.41. The lowest BCUT2D eigenvalue weighted by molar-refractivity contribution is 0.0868. The molecule has 0 atom stereocenters. The molecule has 1 aliphatic carbocycles. The second kappa shape index (κ2) is 6.21. The number of nitrogens with two attached hydrogens (primary N) is 1. The Bertz CT molecular complexity index is 490. The second-order valence-electron chi connectivity index (χ2n) is 5.05. The predicted molar refractivity (Wildman–Crippen MR) is 74.2 cm³/mol. The summed E-state index contributed by atoms with van der Waals surface area (Å²) in [6.07, 6.45) is 3.67. The van der Waals surface area contributed by atoms with Crippen LogP contribution in [0.5, 0.6) is 0 Å². The van der Waals surface area contributed by atoms with Crippen LogP contribution in [0.15, 0.2) is 12.3 Å². The van der Waals surface area contributed by atoms with Crippen molar-refractivity contribution in [3.8, 4) is 0 Å². The van der Waals surface area contributed by atoms with E-state index < -0.39 is 7.12 Å². The number of carbonyl (C=O) groups is 1. The molecule has 0 aromatic carbocycles. The molecule has 20 heavy (non-hydrogen) atoms. The van der Waals surface area contributed by atoms with Crippen LogP contribution in [-0.2, 0) is 0 Å². The van der Waals surface area contributed by atoms with Crippen molar-refractivity contribution in [2.24, 2.45) is 0 Å². The highest BCUT2D eigenvalue weighted by atomic mass is 16.4. The first-order valence-corrected chi connectivity index (χ1v) is 6.58. The van der Waals surface area contributed by atoms with Crippen LogP contribution < -0.4 is 16.5 Å². The number of aliphatic hydroxyl groups is 1. The third-order valence-electron chi connectivity index (χ3n) is 3.51. The molecule has 108 valence electrons. The summed E-state index contributed by atoms with van der Waals surface area (Å²) >= 11 is 0. The highest BCUT2D eigenvalue weighted by Crippen LogP contribution is 2.19. The van der Waals surface area contributed by atoms with Crippen molar-refractivity contribution in [1.29, 1.82) is 0 Å². The lowest BCUT2D eigenvalue weighted by Crippen LogP contribution is -2.40. The maximum atomic E-state index is 12.1. The first-order chi connectivity index (χ1) is 9.47. The molecule has 1 aromatic heterocycles. The molecule has 0 spiro atoms. The van der Waals surface area contributed by atoms with Gasteiger partial charge in [-0.05, 0) is 31.7 Å². The maximum absolute atomic E-state index is 12.1. The number of anilines is 1. The number of nitrogen functional groups attached to an aromatic ring is 1. The van der Waals surface area contributed by atoms with Crippen LogP contribution in [0.4, 0.5) is 5.82 Å². The van der Waals surface area contributed by atoms with E-state index in [4.69, 9.17) is 15.8 Å². The SMILES string of the molecule is Nc1ncc(B(O)O)cc1C(=O)N[C@H]1CC[C@H](O)CC1. The van der Waals surface area contributed by atoms with Gasteiger partial charge in [0, 0.05) is 17.7 Å². The molecule has 0 unspecified atom stereocenters. The summed E-state index contributed by atoms with van der Waals surface area (Å²) in [5.74, 6) is -0.346. The van der Waals surface area contributed by atoms with Crippen molar-refractivity contribution < 1.29 is 19.9 Å². The number of pyridine rings is 1. The first-order valence-electron chi connectivity index (χ1n) is 6.58. The van der Waals surface area contributed by atoms with Gasteiger partial charge in [0.25, 0.3) is 5.91 Å². The van der Waals surface area contributed by atoms with E-state index in [0.717, 1.165) is 0 Å². The lowest BCUT2D eigenvalue weighted by atomic mass is 9.81. The predicted octanol–water partition coefficient (Wildman–Crippen LogP) is -1.62. The second-order valence-corrected chi connectivity index (χ2v) is 5.05. The maximum Gasteiger partial charge on any atom is 0.490 e. The molecule has 1 fully saturated rings. The molecule has 0 saturated heterocycles. The van der Waals surface area contributed by atoms with Gasteiger partial charge in [0.15, 0.2) is 0 Å². The van der Waals surface area contributed by atoms with Gasteiger partial charge < -0.3 is 26.2 Å². The molecule has 1 heterocycles. The summed E-state index contributed by atoms with van der Waals surface area (Å²) in [5, 5.41) is 30.4. The Kier molecular flexibility index (Phi) is 4.59. The Morgan fingerprint density at radius 1 is 1.35 bits per heavy atom.